The summed E-state index contributed by atoms with van der Waals surface area (Å²) in [4.78, 5) is 0. The van der Waals surface area contributed by atoms with E-state index >= 15 is 0 Å². The van der Waals surface area contributed by atoms with Crippen LogP contribution in [0.4, 0.5) is 0 Å². The highest BCUT2D eigenvalue weighted by Crippen LogP contribution is 2.28. The van der Waals surface area contributed by atoms with Crippen LogP contribution in [0.3, 0.4) is 0 Å². The van der Waals surface area contributed by atoms with Gasteiger partial charge in [-0.1, -0.05) is 22.4 Å². The van der Waals surface area contributed by atoms with Gasteiger partial charge in [-0.15, -0.1) is 0 Å². The summed E-state index contributed by atoms with van der Waals surface area (Å²) < 4.78 is 6.65. The highest BCUT2D eigenvalue weighted by atomic mass is 79.9. The van der Waals surface area contributed by atoms with Gasteiger partial charge in [0.05, 0.1) is 7.11 Å². The summed E-state index contributed by atoms with van der Waals surface area (Å²) >= 11 is 3.60. The first-order chi connectivity index (χ1) is 9.20. The lowest BCUT2D eigenvalue weighted by Crippen LogP contribution is -2.17. The van der Waals surface area contributed by atoms with Crippen LogP contribution in [0.2, 0.25) is 0 Å². The Kier molecular flexibility index (Phi) is 5.71. The molecule has 2 rings (SSSR count). The smallest absolute Gasteiger partial charge is 0.122 e. The van der Waals surface area contributed by atoms with Crippen molar-refractivity contribution in [3.63, 3.8) is 0 Å². The Morgan fingerprint density at radius 3 is 2.74 bits per heavy atom. The van der Waals surface area contributed by atoms with Crippen LogP contribution in [0, 0.1) is 6.92 Å². The van der Waals surface area contributed by atoms with Crippen molar-refractivity contribution >= 4 is 15.9 Å². The maximum Gasteiger partial charge on any atom is 0.122 e. The first-order valence-electron chi connectivity index (χ1n) is 7.27. The summed E-state index contributed by atoms with van der Waals surface area (Å²) in [6.07, 6.45) is 7.67. The predicted molar refractivity (Wildman–Crippen MR) is 84.0 cm³/mol. The Bertz CT molecular complexity index is 415. The molecular formula is C16H24BrNO. The zero-order valence-corrected chi connectivity index (χ0v) is 13.6. The lowest BCUT2D eigenvalue weighted by Gasteiger charge is -2.11. The van der Waals surface area contributed by atoms with Crippen molar-refractivity contribution in [2.45, 2.75) is 51.5 Å². The van der Waals surface area contributed by atoms with Crippen LogP contribution in [-0.4, -0.2) is 19.7 Å². The number of hydrogen-bond acceptors (Lipinski definition) is 2. The van der Waals surface area contributed by atoms with Gasteiger partial charge >= 0.3 is 0 Å². The van der Waals surface area contributed by atoms with E-state index in [-0.39, 0.29) is 0 Å². The Morgan fingerprint density at radius 2 is 2.05 bits per heavy atom. The maximum absolute atomic E-state index is 5.47. The molecule has 0 radical (unpaired) electrons. The molecule has 1 aromatic carbocycles. The average Bonchev–Trinajstić information content (AvgIpc) is 3.21. The van der Waals surface area contributed by atoms with Gasteiger partial charge in [0.15, 0.2) is 0 Å². The number of aryl methyl sites for hydroxylation is 2. The van der Waals surface area contributed by atoms with Crippen molar-refractivity contribution in [1.82, 2.24) is 5.32 Å². The Labute approximate surface area is 125 Å². The molecule has 1 aliphatic rings. The molecule has 1 saturated carbocycles. The molecular weight excluding hydrogens is 302 g/mol. The third-order valence-corrected chi connectivity index (χ3v) is 4.55. The second-order valence-electron chi connectivity index (χ2n) is 5.45. The molecule has 0 aliphatic heterocycles. The van der Waals surface area contributed by atoms with Gasteiger partial charge < -0.3 is 10.1 Å². The first-order valence-corrected chi connectivity index (χ1v) is 8.06. The molecule has 0 aromatic heterocycles. The van der Waals surface area contributed by atoms with Crippen molar-refractivity contribution in [1.29, 1.82) is 0 Å². The van der Waals surface area contributed by atoms with Gasteiger partial charge in [0.25, 0.3) is 0 Å². The lowest BCUT2D eigenvalue weighted by molar-refractivity contribution is 0.408. The molecule has 0 amide bonds. The van der Waals surface area contributed by atoms with Crippen LogP contribution in [0.15, 0.2) is 16.6 Å². The standard InChI is InChI=1S/C16H24BrNO/c1-12-10-16(19-2)13(11-15(12)17)6-4-3-5-9-18-14-7-8-14/h10-11,14,18H,3-9H2,1-2H3. The van der Waals surface area contributed by atoms with Gasteiger partial charge in [-0.3, -0.25) is 0 Å². The fraction of sp³-hybridized carbons (Fsp3) is 0.625. The second kappa shape index (κ2) is 7.30. The largest absolute Gasteiger partial charge is 0.496 e. The highest BCUT2D eigenvalue weighted by Gasteiger charge is 2.19. The molecule has 0 atom stereocenters. The molecule has 1 aromatic rings. The predicted octanol–water partition coefficient (Wildman–Crippen LogP) is 4.23. The van der Waals surface area contributed by atoms with Crippen molar-refractivity contribution in [2.24, 2.45) is 0 Å². The highest BCUT2D eigenvalue weighted by molar-refractivity contribution is 9.10. The topological polar surface area (TPSA) is 21.3 Å². The Hall–Kier alpha value is -0.540. The summed E-state index contributed by atoms with van der Waals surface area (Å²) in [5.74, 6) is 1.02. The van der Waals surface area contributed by atoms with Gasteiger partial charge in [-0.05, 0) is 68.8 Å². The number of benzene rings is 1. The molecule has 3 heteroatoms. The summed E-state index contributed by atoms with van der Waals surface area (Å²) in [7, 11) is 1.76. The molecule has 0 spiro atoms. The molecule has 1 fully saturated rings. The number of hydrogen-bond donors (Lipinski definition) is 1. The minimum Gasteiger partial charge on any atom is -0.496 e. The third-order valence-electron chi connectivity index (χ3n) is 3.69. The zero-order valence-electron chi connectivity index (χ0n) is 12.0. The summed E-state index contributed by atoms with van der Waals surface area (Å²) in [6.45, 7) is 3.28. The van der Waals surface area contributed by atoms with Gasteiger partial charge in [0.1, 0.15) is 5.75 Å². The van der Waals surface area contributed by atoms with Crippen LogP contribution < -0.4 is 10.1 Å². The molecule has 0 saturated heterocycles. The lowest BCUT2D eigenvalue weighted by atomic mass is 10.0. The van der Waals surface area contributed by atoms with Crippen LogP contribution in [0.25, 0.3) is 0 Å². The number of methoxy groups -OCH3 is 1. The van der Waals surface area contributed by atoms with E-state index in [2.05, 4.69) is 40.3 Å². The molecule has 1 aliphatic carbocycles. The first kappa shape index (κ1) is 14.9. The Balaban J connectivity index is 1.73. The van der Waals surface area contributed by atoms with E-state index in [0.29, 0.717) is 0 Å². The number of halogens is 1. The van der Waals surface area contributed by atoms with Crippen molar-refractivity contribution in [3.05, 3.63) is 27.7 Å². The van der Waals surface area contributed by atoms with Crippen molar-refractivity contribution in [3.8, 4) is 5.75 Å². The molecule has 0 unspecified atom stereocenters. The number of nitrogens with one attached hydrogen (secondary N) is 1. The fourth-order valence-corrected chi connectivity index (χ4v) is 2.68. The molecule has 0 heterocycles. The number of rotatable bonds is 8. The molecule has 19 heavy (non-hydrogen) atoms. The van der Waals surface area contributed by atoms with Crippen LogP contribution in [-0.2, 0) is 6.42 Å². The number of ether oxygens (including phenoxy) is 1. The number of unbranched alkanes of at least 4 members (excludes halogenated alkanes) is 2. The van der Waals surface area contributed by atoms with E-state index in [0.717, 1.165) is 18.2 Å². The van der Waals surface area contributed by atoms with Crippen molar-refractivity contribution in [2.75, 3.05) is 13.7 Å². The minimum absolute atomic E-state index is 0.841. The monoisotopic (exact) mass is 325 g/mol. The van der Waals surface area contributed by atoms with Gasteiger partial charge in [-0.25, -0.2) is 0 Å². The average molecular weight is 326 g/mol. The van der Waals surface area contributed by atoms with Gasteiger partial charge in [0.2, 0.25) is 0 Å². The SMILES string of the molecule is COc1cc(C)c(Br)cc1CCCCCNC1CC1. The molecule has 1 N–H and O–H groups in total. The van der Waals surface area contributed by atoms with Crippen molar-refractivity contribution < 1.29 is 4.74 Å². The van der Waals surface area contributed by atoms with E-state index in [4.69, 9.17) is 4.74 Å². The summed E-state index contributed by atoms with van der Waals surface area (Å²) in [6, 6.07) is 5.16. The maximum atomic E-state index is 5.47. The van der Waals surface area contributed by atoms with E-state index in [9.17, 15) is 0 Å². The normalized spacial score (nSPS) is 14.7. The van der Waals surface area contributed by atoms with Crippen LogP contribution >= 0.6 is 15.9 Å². The zero-order chi connectivity index (χ0) is 13.7. The quantitative estimate of drug-likeness (QED) is 0.722. The summed E-state index contributed by atoms with van der Waals surface area (Å²) in [5.41, 5.74) is 2.55. The van der Waals surface area contributed by atoms with Gasteiger partial charge in [-0.2, -0.15) is 0 Å². The molecule has 2 nitrogen and oxygen atoms in total. The second-order valence-corrected chi connectivity index (χ2v) is 6.31. The molecule has 106 valence electrons. The van der Waals surface area contributed by atoms with Gasteiger partial charge in [0, 0.05) is 10.5 Å². The van der Waals surface area contributed by atoms with E-state index in [1.165, 1.54) is 54.2 Å². The Morgan fingerprint density at radius 1 is 1.26 bits per heavy atom. The third kappa shape index (κ3) is 4.81. The van der Waals surface area contributed by atoms with E-state index in [1.807, 2.05) is 0 Å². The van der Waals surface area contributed by atoms with E-state index < -0.39 is 0 Å². The molecule has 0 bridgehead atoms. The van der Waals surface area contributed by atoms with Crippen LogP contribution in [0.1, 0.15) is 43.2 Å². The summed E-state index contributed by atoms with van der Waals surface area (Å²) in [5, 5.41) is 3.56. The van der Waals surface area contributed by atoms with E-state index in [1.54, 1.807) is 7.11 Å². The minimum atomic E-state index is 0.841. The van der Waals surface area contributed by atoms with Crippen LogP contribution in [0.5, 0.6) is 5.75 Å². The fourth-order valence-electron chi connectivity index (χ4n) is 2.29.